The van der Waals surface area contributed by atoms with Crippen LogP contribution in [0.1, 0.15) is 41.0 Å². The minimum Gasteiger partial charge on any atom is -0.336 e. The number of carbonyl (C=O) groups excluding carboxylic acids is 1. The first kappa shape index (κ1) is 11.3. The summed E-state index contributed by atoms with van der Waals surface area (Å²) in [5.41, 5.74) is 2.31. The van der Waals surface area contributed by atoms with Gasteiger partial charge in [-0.25, -0.2) is 0 Å². The van der Waals surface area contributed by atoms with Crippen LogP contribution in [-0.2, 0) is 4.79 Å². The summed E-state index contributed by atoms with van der Waals surface area (Å²) in [5.74, 6) is 0.739. The van der Waals surface area contributed by atoms with Crippen LogP contribution in [0.5, 0.6) is 0 Å². The Hall–Kier alpha value is -0.790. The second-order valence-electron chi connectivity index (χ2n) is 4.65. The summed E-state index contributed by atoms with van der Waals surface area (Å²) < 4.78 is 0. The topological polar surface area (TPSA) is 20.3 Å². The van der Waals surface area contributed by atoms with E-state index in [1.807, 2.05) is 11.8 Å². The molecule has 2 nitrogen and oxygen atoms in total. The molecule has 14 heavy (non-hydrogen) atoms. The molecule has 0 fully saturated rings. The molecule has 0 radical (unpaired) electrons. The van der Waals surface area contributed by atoms with E-state index >= 15 is 0 Å². The Morgan fingerprint density at radius 2 is 1.79 bits per heavy atom. The molecule has 0 unspecified atom stereocenters. The van der Waals surface area contributed by atoms with Gasteiger partial charge in [-0.05, 0) is 33.1 Å². The molecule has 0 saturated heterocycles. The molecule has 0 atom stereocenters. The lowest BCUT2D eigenvalue weighted by Gasteiger charge is -2.33. The van der Waals surface area contributed by atoms with E-state index in [0.29, 0.717) is 12.0 Å². The maximum Gasteiger partial charge on any atom is 0.249 e. The number of rotatable bonds is 2. The fraction of sp³-hybridized carbons (Fsp3) is 0.750. The number of nitrogens with zero attached hydrogens (tertiary/aromatic N) is 1. The maximum atomic E-state index is 11.9. The van der Waals surface area contributed by atoms with Gasteiger partial charge in [0.1, 0.15) is 0 Å². The molecule has 1 aliphatic rings. The largest absolute Gasteiger partial charge is 0.336 e. The summed E-state index contributed by atoms with van der Waals surface area (Å²) in [6.07, 6.45) is 1.05. The Labute approximate surface area is 87.0 Å². The van der Waals surface area contributed by atoms with Gasteiger partial charge in [0.05, 0.1) is 0 Å². The van der Waals surface area contributed by atoms with Gasteiger partial charge in [0.25, 0.3) is 0 Å². The standard InChI is InChI=1S/C12H21NO/c1-8(2)11-6-7-13(9(3)4)12(14)10(11)5/h8-9H,6-7H2,1-5H3. The van der Waals surface area contributed by atoms with Crippen molar-refractivity contribution in [2.45, 2.75) is 47.1 Å². The highest BCUT2D eigenvalue weighted by atomic mass is 16.2. The SMILES string of the molecule is CC1=C(C(C)C)CCN(C(C)C)C1=O. The molecule has 0 saturated carbocycles. The van der Waals surface area contributed by atoms with E-state index in [1.54, 1.807) is 0 Å². The molecule has 1 amide bonds. The molecular formula is C12H21NO. The summed E-state index contributed by atoms with van der Waals surface area (Å²) in [6, 6.07) is 0.325. The predicted molar refractivity (Wildman–Crippen MR) is 59.0 cm³/mol. The average Bonchev–Trinajstić information content (AvgIpc) is 2.08. The lowest BCUT2D eigenvalue weighted by molar-refractivity contribution is -0.129. The van der Waals surface area contributed by atoms with E-state index in [4.69, 9.17) is 0 Å². The van der Waals surface area contributed by atoms with Gasteiger partial charge in [-0.3, -0.25) is 4.79 Å². The first-order chi connectivity index (χ1) is 6.45. The van der Waals surface area contributed by atoms with Crippen LogP contribution < -0.4 is 0 Å². The van der Waals surface area contributed by atoms with Gasteiger partial charge in [-0.2, -0.15) is 0 Å². The molecular weight excluding hydrogens is 174 g/mol. The highest BCUT2D eigenvalue weighted by Gasteiger charge is 2.26. The molecule has 0 aromatic carbocycles. The number of amides is 1. The van der Waals surface area contributed by atoms with Crippen molar-refractivity contribution in [2.24, 2.45) is 5.92 Å². The van der Waals surface area contributed by atoms with Gasteiger partial charge >= 0.3 is 0 Å². The number of hydrogen-bond acceptors (Lipinski definition) is 1. The van der Waals surface area contributed by atoms with Crippen molar-refractivity contribution in [2.75, 3.05) is 6.54 Å². The van der Waals surface area contributed by atoms with E-state index < -0.39 is 0 Å². The van der Waals surface area contributed by atoms with Crippen molar-refractivity contribution in [3.8, 4) is 0 Å². The van der Waals surface area contributed by atoms with Gasteiger partial charge in [0, 0.05) is 18.2 Å². The Balaban J connectivity index is 2.91. The molecule has 2 heteroatoms. The summed E-state index contributed by atoms with van der Waals surface area (Å²) >= 11 is 0. The zero-order valence-electron chi connectivity index (χ0n) is 9.92. The molecule has 0 aromatic heterocycles. The van der Waals surface area contributed by atoms with Crippen molar-refractivity contribution in [1.29, 1.82) is 0 Å². The van der Waals surface area contributed by atoms with Crippen LogP contribution in [0.2, 0.25) is 0 Å². The highest BCUT2D eigenvalue weighted by Crippen LogP contribution is 2.26. The maximum absolute atomic E-state index is 11.9. The van der Waals surface area contributed by atoms with Crippen molar-refractivity contribution in [3.63, 3.8) is 0 Å². The number of hydrogen-bond donors (Lipinski definition) is 0. The Kier molecular flexibility index (Phi) is 3.35. The molecule has 0 spiro atoms. The van der Waals surface area contributed by atoms with E-state index in [-0.39, 0.29) is 5.91 Å². The quantitative estimate of drug-likeness (QED) is 0.663. The second kappa shape index (κ2) is 4.16. The van der Waals surface area contributed by atoms with Crippen molar-refractivity contribution in [1.82, 2.24) is 4.90 Å². The zero-order chi connectivity index (χ0) is 10.9. The van der Waals surface area contributed by atoms with E-state index in [2.05, 4.69) is 27.7 Å². The van der Waals surface area contributed by atoms with Crippen LogP contribution in [0.3, 0.4) is 0 Å². The first-order valence-electron chi connectivity index (χ1n) is 5.45. The lowest BCUT2D eigenvalue weighted by Crippen LogP contribution is -2.41. The zero-order valence-corrected chi connectivity index (χ0v) is 9.92. The van der Waals surface area contributed by atoms with Gasteiger partial charge in [-0.1, -0.05) is 19.4 Å². The summed E-state index contributed by atoms with van der Waals surface area (Å²) in [4.78, 5) is 13.9. The third-order valence-electron chi connectivity index (χ3n) is 3.01. The van der Waals surface area contributed by atoms with Gasteiger partial charge in [-0.15, -0.1) is 0 Å². The molecule has 0 aliphatic carbocycles. The summed E-state index contributed by atoms with van der Waals surface area (Å²) in [5, 5.41) is 0. The second-order valence-corrected chi connectivity index (χ2v) is 4.65. The van der Waals surface area contributed by atoms with Crippen LogP contribution in [0, 0.1) is 5.92 Å². The van der Waals surface area contributed by atoms with Gasteiger partial charge in [0.15, 0.2) is 0 Å². The first-order valence-corrected chi connectivity index (χ1v) is 5.45. The molecule has 0 aromatic rings. The van der Waals surface area contributed by atoms with Crippen LogP contribution in [0.25, 0.3) is 0 Å². The Morgan fingerprint density at radius 1 is 1.21 bits per heavy atom. The molecule has 1 rings (SSSR count). The summed E-state index contributed by atoms with van der Waals surface area (Å²) in [6.45, 7) is 11.3. The Morgan fingerprint density at radius 3 is 2.21 bits per heavy atom. The minimum absolute atomic E-state index is 0.231. The number of carbonyl (C=O) groups is 1. The van der Waals surface area contributed by atoms with Crippen LogP contribution in [0.4, 0.5) is 0 Å². The van der Waals surface area contributed by atoms with Crippen molar-refractivity contribution in [3.05, 3.63) is 11.1 Å². The smallest absolute Gasteiger partial charge is 0.249 e. The predicted octanol–water partition coefficient (Wildman–Crippen LogP) is 2.60. The monoisotopic (exact) mass is 195 g/mol. The van der Waals surface area contributed by atoms with E-state index in [1.165, 1.54) is 5.57 Å². The van der Waals surface area contributed by atoms with Crippen molar-refractivity contribution >= 4 is 5.91 Å². The third-order valence-corrected chi connectivity index (χ3v) is 3.01. The highest BCUT2D eigenvalue weighted by molar-refractivity contribution is 5.94. The molecule has 0 N–H and O–H groups in total. The molecule has 80 valence electrons. The van der Waals surface area contributed by atoms with Gasteiger partial charge in [0.2, 0.25) is 5.91 Å². The summed E-state index contributed by atoms with van der Waals surface area (Å²) in [7, 11) is 0. The van der Waals surface area contributed by atoms with Crippen LogP contribution >= 0.6 is 0 Å². The van der Waals surface area contributed by atoms with Crippen LogP contribution in [0.15, 0.2) is 11.1 Å². The van der Waals surface area contributed by atoms with E-state index in [9.17, 15) is 4.79 Å². The van der Waals surface area contributed by atoms with Gasteiger partial charge < -0.3 is 4.90 Å². The molecule has 0 bridgehead atoms. The van der Waals surface area contributed by atoms with E-state index in [0.717, 1.165) is 18.5 Å². The average molecular weight is 195 g/mol. The third kappa shape index (κ3) is 1.99. The lowest BCUT2D eigenvalue weighted by atomic mass is 9.91. The fourth-order valence-electron chi connectivity index (χ4n) is 2.10. The normalized spacial score (nSPS) is 18.8. The molecule has 1 aliphatic heterocycles. The molecule has 1 heterocycles. The Bertz CT molecular complexity index is 263. The van der Waals surface area contributed by atoms with Crippen LogP contribution in [-0.4, -0.2) is 23.4 Å². The van der Waals surface area contributed by atoms with Crippen molar-refractivity contribution < 1.29 is 4.79 Å². The fourth-order valence-corrected chi connectivity index (χ4v) is 2.10. The minimum atomic E-state index is 0.231.